The summed E-state index contributed by atoms with van der Waals surface area (Å²) in [6.07, 6.45) is 0. The van der Waals surface area contributed by atoms with Crippen LogP contribution in [0.15, 0.2) is 52.3 Å². The van der Waals surface area contributed by atoms with Crippen molar-refractivity contribution >= 4 is 44.0 Å². The minimum absolute atomic E-state index is 0.0108. The summed E-state index contributed by atoms with van der Waals surface area (Å²) in [6, 6.07) is 12.0. The molecule has 3 aromatic rings. The van der Waals surface area contributed by atoms with Gasteiger partial charge >= 0.3 is 0 Å². The summed E-state index contributed by atoms with van der Waals surface area (Å²) in [7, 11) is 0. The van der Waals surface area contributed by atoms with E-state index < -0.39 is 4.92 Å². The molecule has 1 amide bonds. The standard InChI is InChI=1S/C17H12BrN3O3S/c1-10-8-12(4-7-15(10)21(23)24)16(22)20-17-19-14(9-25-17)11-2-5-13(18)6-3-11/h2-9H,1H3,(H,19,20,22). The van der Waals surface area contributed by atoms with Crippen molar-refractivity contribution in [3.05, 3.63) is 73.6 Å². The highest BCUT2D eigenvalue weighted by Gasteiger charge is 2.15. The summed E-state index contributed by atoms with van der Waals surface area (Å²) in [4.78, 5) is 27.1. The fraction of sp³-hybridized carbons (Fsp3) is 0.0588. The summed E-state index contributed by atoms with van der Waals surface area (Å²) in [5.41, 5.74) is 2.50. The van der Waals surface area contributed by atoms with E-state index in [4.69, 9.17) is 0 Å². The van der Waals surface area contributed by atoms with Crippen molar-refractivity contribution in [1.29, 1.82) is 0 Å². The Morgan fingerprint density at radius 1 is 1.24 bits per heavy atom. The molecule has 0 atom stereocenters. The number of nitrogens with zero attached hydrogens (tertiary/aromatic N) is 2. The molecule has 0 unspecified atom stereocenters. The van der Waals surface area contributed by atoms with Crippen LogP contribution < -0.4 is 5.32 Å². The van der Waals surface area contributed by atoms with E-state index >= 15 is 0 Å². The first-order valence-corrected chi connectivity index (χ1v) is 8.89. The highest BCUT2D eigenvalue weighted by atomic mass is 79.9. The topological polar surface area (TPSA) is 85.1 Å². The van der Waals surface area contributed by atoms with Crippen molar-refractivity contribution in [2.24, 2.45) is 0 Å². The molecule has 3 rings (SSSR count). The predicted molar refractivity (Wildman–Crippen MR) is 101 cm³/mol. The molecule has 0 saturated carbocycles. The van der Waals surface area contributed by atoms with Crippen LogP contribution in [0.2, 0.25) is 0 Å². The normalized spacial score (nSPS) is 10.5. The third-order valence-electron chi connectivity index (χ3n) is 3.52. The van der Waals surface area contributed by atoms with Crippen LogP contribution in [0.4, 0.5) is 10.8 Å². The number of thiazole rings is 1. The minimum atomic E-state index is -0.470. The van der Waals surface area contributed by atoms with Crippen molar-refractivity contribution < 1.29 is 9.72 Å². The molecule has 0 saturated heterocycles. The molecular formula is C17H12BrN3O3S. The number of anilines is 1. The maximum absolute atomic E-state index is 12.3. The Morgan fingerprint density at radius 3 is 2.60 bits per heavy atom. The summed E-state index contributed by atoms with van der Waals surface area (Å²) in [5, 5.41) is 15.9. The van der Waals surface area contributed by atoms with Gasteiger partial charge in [0.1, 0.15) is 0 Å². The summed E-state index contributed by atoms with van der Waals surface area (Å²) in [6.45, 7) is 1.60. The van der Waals surface area contributed by atoms with Crippen LogP contribution in [-0.2, 0) is 0 Å². The molecule has 8 heteroatoms. The van der Waals surface area contributed by atoms with Gasteiger partial charge in [0, 0.05) is 32.6 Å². The van der Waals surface area contributed by atoms with Crippen molar-refractivity contribution in [1.82, 2.24) is 4.98 Å². The first-order chi connectivity index (χ1) is 11.9. The number of rotatable bonds is 4. The Balaban J connectivity index is 1.76. The number of benzene rings is 2. The summed E-state index contributed by atoms with van der Waals surface area (Å²) in [5.74, 6) is -0.352. The molecule has 2 aromatic carbocycles. The van der Waals surface area contributed by atoms with Crippen LogP contribution in [0.3, 0.4) is 0 Å². The van der Waals surface area contributed by atoms with E-state index in [-0.39, 0.29) is 11.6 Å². The molecule has 0 fully saturated rings. The van der Waals surface area contributed by atoms with Crippen molar-refractivity contribution in [2.45, 2.75) is 6.92 Å². The average molecular weight is 418 g/mol. The molecule has 0 aliphatic rings. The lowest BCUT2D eigenvalue weighted by atomic mass is 10.1. The van der Waals surface area contributed by atoms with Gasteiger partial charge in [-0.15, -0.1) is 11.3 Å². The van der Waals surface area contributed by atoms with Gasteiger partial charge in [0.05, 0.1) is 10.6 Å². The molecule has 1 aromatic heterocycles. The van der Waals surface area contributed by atoms with E-state index in [1.165, 1.54) is 29.5 Å². The van der Waals surface area contributed by atoms with Crippen molar-refractivity contribution in [3.63, 3.8) is 0 Å². The fourth-order valence-corrected chi connectivity index (χ4v) is 3.23. The average Bonchev–Trinajstić information content (AvgIpc) is 3.03. The number of hydrogen-bond acceptors (Lipinski definition) is 5. The number of aromatic nitrogens is 1. The van der Waals surface area contributed by atoms with Crippen LogP contribution >= 0.6 is 27.3 Å². The Labute approximate surface area is 155 Å². The maximum Gasteiger partial charge on any atom is 0.272 e. The molecular weight excluding hydrogens is 406 g/mol. The molecule has 0 spiro atoms. The second-order valence-electron chi connectivity index (χ2n) is 5.26. The van der Waals surface area contributed by atoms with Crippen LogP contribution in [0.5, 0.6) is 0 Å². The van der Waals surface area contributed by atoms with Gasteiger partial charge in [-0.3, -0.25) is 20.2 Å². The molecule has 0 aliphatic carbocycles. The van der Waals surface area contributed by atoms with Crippen LogP contribution in [0, 0.1) is 17.0 Å². The zero-order chi connectivity index (χ0) is 18.0. The smallest absolute Gasteiger partial charge is 0.272 e. The zero-order valence-electron chi connectivity index (χ0n) is 13.0. The third-order valence-corrected chi connectivity index (χ3v) is 4.81. The molecule has 25 heavy (non-hydrogen) atoms. The number of nitrogens with one attached hydrogen (secondary N) is 1. The van der Waals surface area contributed by atoms with Crippen LogP contribution in [0.25, 0.3) is 11.3 Å². The first kappa shape index (κ1) is 17.2. The van der Waals surface area contributed by atoms with E-state index in [1.54, 1.807) is 6.92 Å². The number of carbonyl (C=O) groups is 1. The SMILES string of the molecule is Cc1cc(C(=O)Nc2nc(-c3ccc(Br)cc3)cs2)ccc1[N+](=O)[O-]. The van der Waals surface area contributed by atoms with Crippen LogP contribution in [0.1, 0.15) is 15.9 Å². The molecule has 126 valence electrons. The second kappa shape index (κ2) is 7.12. The lowest BCUT2D eigenvalue weighted by molar-refractivity contribution is -0.385. The number of aryl methyl sites for hydroxylation is 1. The Kier molecular flexibility index (Phi) is 4.91. The Morgan fingerprint density at radius 2 is 1.96 bits per heavy atom. The lowest BCUT2D eigenvalue weighted by Crippen LogP contribution is -2.12. The zero-order valence-corrected chi connectivity index (χ0v) is 15.4. The van der Waals surface area contributed by atoms with Gasteiger partial charge in [-0.25, -0.2) is 4.98 Å². The van der Waals surface area contributed by atoms with Gasteiger partial charge < -0.3 is 0 Å². The first-order valence-electron chi connectivity index (χ1n) is 7.22. The molecule has 0 bridgehead atoms. The largest absolute Gasteiger partial charge is 0.298 e. The number of carbonyl (C=O) groups excluding carboxylic acids is 1. The van der Waals surface area contributed by atoms with E-state index in [1.807, 2.05) is 29.6 Å². The van der Waals surface area contributed by atoms with Gasteiger partial charge in [-0.05, 0) is 31.2 Å². The van der Waals surface area contributed by atoms with E-state index in [9.17, 15) is 14.9 Å². The van der Waals surface area contributed by atoms with Crippen LogP contribution in [-0.4, -0.2) is 15.8 Å². The Hall–Kier alpha value is -2.58. The highest BCUT2D eigenvalue weighted by molar-refractivity contribution is 9.10. The summed E-state index contributed by atoms with van der Waals surface area (Å²) >= 11 is 4.71. The minimum Gasteiger partial charge on any atom is -0.298 e. The monoisotopic (exact) mass is 417 g/mol. The number of nitro benzene ring substituents is 1. The van der Waals surface area contributed by atoms with E-state index in [0.717, 1.165) is 15.7 Å². The third kappa shape index (κ3) is 3.92. The quantitative estimate of drug-likeness (QED) is 0.475. The van der Waals surface area contributed by atoms with E-state index in [0.29, 0.717) is 16.3 Å². The fourth-order valence-electron chi connectivity index (χ4n) is 2.26. The Bertz CT molecular complexity index is 954. The number of amides is 1. The number of hydrogen-bond donors (Lipinski definition) is 1. The molecule has 1 N–H and O–H groups in total. The maximum atomic E-state index is 12.3. The van der Waals surface area contributed by atoms with Gasteiger partial charge in [0.15, 0.2) is 5.13 Å². The number of nitro groups is 1. The lowest BCUT2D eigenvalue weighted by Gasteiger charge is -2.03. The van der Waals surface area contributed by atoms with Gasteiger partial charge in [0.25, 0.3) is 11.6 Å². The van der Waals surface area contributed by atoms with Gasteiger partial charge in [-0.1, -0.05) is 28.1 Å². The summed E-state index contributed by atoms with van der Waals surface area (Å²) < 4.78 is 0.980. The molecule has 1 heterocycles. The molecule has 6 nitrogen and oxygen atoms in total. The van der Waals surface area contributed by atoms with E-state index in [2.05, 4.69) is 26.2 Å². The molecule has 0 aliphatic heterocycles. The highest BCUT2D eigenvalue weighted by Crippen LogP contribution is 2.27. The molecule has 0 radical (unpaired) electrons. The van der Waals surface area contributed by atoms with Gasteiger partial charge in [0.2, 0.25) is 0 Å². The predicted octanol–water partition coefficient (Wildman–Crippen LogP) is 5.04. The van der Waals surface area contributed by atoms with Crippen molar-refractivity contribution in [3.8, 4) is 11.3 Å². The second-order valence-corrected chi connectivity index (χ2v) is 7.03. The number of halogens is 1. The van der Waals surface area contributed by atoms with Crippen molar-refractivity contribution in [2.75, 3.05) is 5.32 Å². The van der Waals surface area contributed by atoms with Gasteiger partial charge in [-0.2, -0.15) is 0 Å².